The third-order valence-corrected chi connectivity index (χ3v) is 5.28. The number of nitrogens with one attached hydrogen (secondary N) is 1. The van der Waals surface area contributed by atoms with Gasteiger partial charge in [-0.2, -0.15) is 0 Å². The number of aromatic nitrogens is 2. The maximum absolute atomic E-state index is 13.4. The van der Waals surface area contributed by atoms with Crippen LogP contribution in [0.1, 0.15) is 55.0 Å². The van der Waals surface area contributed by atoms with E-state index in [4.69, 9.17) is 4.42 Å². The minimum absolute atomic E-state index is 0.176. The van der Waals surface area contributed by atoms with Crippen LogP contribution in [0.3, 0.4) is 0 Å². The second-order valence-electron chi connectivity index (χ2n) is 7.45. The van der Waals surface area contributed by atoms with Gasteiger partial charge in [0, 0.05) is 16.6 Å². The van der Waals surface area contributed by atoms with E-state index in [1.54, 1.807) is 29.6 Å². The summed E-state index contributed by atoms with van der Waals surface area (Å²) in [6, 6.07) is 9.79. The molecule has 1 atom stereocenters. The second kappa shape index (κ2) is 8.57. The van der Waals surface area contributed by atoms with Crippen molar-refractivity contribution in [1.82, 2.24) is 14.9 Å². The van der Waals surface area contributed by atoms with Gasteiger partial charge >= 0.3 is 0 Å². The lowest BCUT2D eigenvalue weighted by Gasteiger charge is -2.33. The van der Waals surface area contributed by atoms with Crippen molar-refractivity contribution in [3.8, 4) is 0 Å². The molecule has 0 aliphatic rings. The Morgan fingerprint density at radius 3 is 2.52 bits per heavy atom. The second-order valence-corrected chi connectivity index (χ2v) is 8.06. The zero-order chi connectivity index (χ0) is 21.0. The van der Waals surface area contributed by atoms with Gasteiger partial charge in [-0.05, 0) is 63.0 Å². The molecular formula is C21H24N4O3S. The van der Waals surface area contributed by atoms with Crippen LogP contribution in [0.15, 0.2) is 52.5 Å². The Morgan fingerprint density at radius 2 is 1.97 bits per heavy atom. The van der Waals surface area contributed by atoms with Crippen LogP contribution in [0.4, 0.5) is 5.69 Å². The molecule has 1 unspecified atom stereocenters. The molecule has 0 radical (unpaired) electrons. The summed E-state index contributed by atoms with van der Waals surface area (Å²) < 4.78 is 9.36. The zero-order valence-corrected chi connectivity index (χ0v) is 17.7. The first kappa shape index (κ1) is 20.7. The van der Waals surface area contributed by atoms with Crippen molar-refractivity contribution >= 4 is 29.0 Å². The number of hydrogen-bond acceptors (Lipinski definition) is 6. The van der Waals surface area contributed by atoms with Crippen molar-refractivity contribution in [2.75, 3.05) is 4.90 Å². The molecule has 0 fully saturated rings. The van der Waals surface area contributed by atoms with Gasteiger partial charge in [-0.25, -0.2) is 0 Å². The lowest BCUT2D eigenvalue weighted by atomic mass is 10.0. The van der Waals surface area contributed by atoms with Gasteiger partial charge in [0.05, 0.1) is 6.26 Å². The molecule has 152 valence electrons. The van der Waals surface area contributed by atoms with E-state index >= 15 is 0 Å². The predicted octanol–water partition coefficient (Wildman–Crippen LogP) is 4.13. The summed E-state index contributed by atoms with van der Waals surface area (Å²) in [5.74, 6) is -0.385. The van der Waals surface area contributed by atoms with Crippen LogP contribution in [0.25, 0.3) is 0 Å². The fraction of sp³-hybridized carbons (Fsp3) is 0.333. The number of amides is 2. The number of rotatable bonds is 7. The summed E-state index contributed by atoms with van der Waals surface area (Å²) >= 11 is 1.08. The molecule has 3 aromatic rings. The average molecular weight is 413 g/mol. The largest absolute Gasteiger partial charge is 0.467 e. The number of furan rings is 1. The van der Waals surface area contributed by atoms with Gasteiger partial charge in [-0.15, -0.1) is 5.10 Å². The van der Waals surface area contributed by atoms with Crippen molar-refractivity contribution in [2.45, 2.75) is 45.7 Å². The Labute approximate surface area is 173 Å². The number of anilines is 1. The molecule has 3 rings (SSSR count). The van der Waals surface area contributed by atoms with Crippen molar-refractivity contribution in [2.24, 2.45) is 0 Å². The highest BCUT2D eigenvalue weighted by Crippen LogP contribution is 2.31. The van der Waals surface area contributed by atoms with Crippen LogP contribution in [-0.2, 0) is 4.79 Å². The normalized spacial score (nSPS) is 12.4. The Hall–Kier alpha value is -3.00. The van der Waals surface area contributed by atoms with Gasteiger partial charge in [0.25, 0.3) is 11.8 Å². The number of hydrogen-bond donors (Lipinski definition) is 1. The van der Waals surface area contributed by atoms with E-state index < -0.39 is 17.5 Å². The van der Waals surface area contributed by atoms with Crippen LogP contribution >= 0.6 is 11.5 Å². The maximum atomic E-state index is 13.4. The van der Waals surface area contributed by atoms with E-state index in [0.717, 1.165) is 23.5 Å². The van der Waals surface area contributed by atoms with Crippen LogP contribution in [-0.4, -0.2) is 26.9 Å². The first-order valence-corrected chi connectivity index (χ1v) is 10.2. The Morgan fingerprint density at radius 1 is 1.24 bits per heavy atom. The van der Waals surface area contributed by atoms with Crippen LogP contribution in [0, 0.1) is 6.92 Å². The van der Waals surface area contributed by atoms with E-state index in [-0.39, 0.29) is 11.6 Å². The fourth-order valence-electron chi connectivity index (χ4n) is 2.78. The van der Waals surface area contributed by atoms with Gasteiger partial charge in [-0.1, -0.05) is 29.1 Å². The van der Waals surface area contributed by atoms with Gasteiger partial charge in [0.1, 0.15) is 5.76 Å². The van der Waals surface area contributed by atoms with Crippen molar-refractivity contribution in [1.29, 1.82) is 0 Å². The van der Waals surface area contributed by atoms with Gasteiger partial charge in [-0.3, -0.25) is 14.5 Å². The SMILES string of the molecule is CCC(C)(C)NC(=O)C(c1ccco1)N(C(=O)c1csnn1)c1ccc(C)cc1. The Balaban J connectivity index is 2.10. The molecular weight excluding hydrogens is 388 g/mol. The van der Waals surface area contributed by atoms with Crippen LogP contribution < -0.4 is 10.2 Å². The molecule has 1 N–H and O–H groups in total. The molecule has 29 heavy (non-hydrogen) atoms. The molecule has 2 amide bonds. The molecule has 0 saturated heterocycles. The third kappa shape index (κ3) is 4.71. The number of carbonyl (C=O) groups is 2. The molecule has 0 aliphatic heterocycles. The molecule has 2 aromatic heterocycles. The molecule has 1 aromatic carbocycles. The summed E-state index contributed by atoms with van der Waals surface area (Å²) in [4.78, 5) is 28.2. The van der Waals surface area contributed by atoms with Gasteiger partial charge in [0.15, 0.2) is 11.7 Å². The standard InChI is InChI=1S/C21H24N4O3S/c1-5-21(3,4)22-19(26)18(17-7-6-12-28-17)25(15-10-8-14(2)9-11-15)20(27)16-13-29-24-23-16/h6-13,18H,5H2,1-4H3,(H,22,26). The molecule has 2 heterocycles. The Kier molecular flexibility index (Phi) is 6.12. The van der Waals surface area contributed by atoms with Crippen molar-refractivity contribution in [3.63, 3.8) is 0 Å². The molecule has 8 heteroatoms. The van der Waals surface area contributed by atoms with Gasteiger partial charge < -0.3 is 9.73 Å². The highest BCUT2D eigenvalue weighted by molar-refractivity contribution is 7.03. The highest BCUT2D eigenvalue weighted by Gasteiger charge is 2.37. The molecule has 0 aliphatic carbocycles. The predicted molar refractivity (Wildman–Crippen MR) is 112 cm³/mol. The number of carbonyl (C=O) groups excluding carboxylic acids is 2. The van der Waals surface area contributed by atoms with Crippen LogP contribution in [0.2, 0.25) is 0 Å². The lowest BCUT2D eigenvalue weighted by molar-refractivity contribution is -0.124. The lowest BCUT2D eigenvalue weighted by Crippen LogP contribution is -2.50. The van der Waals surface area contributed by atoms with E-state index in [2.05, 4.69) is 14.9 Å². The smallest absolute Gasteiger partial charge is 0.280 e. The van der Waals surface area contributed by atoms with Crippen molar-refractivity contribution in [3.05, 3.63) is 65.1 Å². The van der Waals surface area contributed by atoms with Gasteiger partial charge in [0.2, 0.25) is 0 Å². The molecule has 0 spiro atoms. The minimum Gasteiger partial charge on any atom is -0.467 e. The summed E-state index contributed by atoms with van der Waals surface area (Å²) in [6.45, 7) is 7.83. The van der Waals surface area contributed by atoms with E-state index in [0.29, 0.717) is 11.4 Å². The molecule has 7 nitrogen and oxygen atoms in total. The number of benzene rings is 1. The first-order valence-electron chi connectivity index (χ1n) is 9.35. The monoisotopic (exact) mass is 412 g/mol. The summed E-state index contributed by atoms with van der Waals surface area (Å²) in [5.41, 5.74) is 1.35. The number of aryl methyl sites for hydroxylation is 1. The summed E-state index contributed by atoms with van der Waals surface area (Å²) in [5, 5.41) is 8.50. The van der Waals surface area contributed by atoms with Crippen molar-refractivity contribution < 1.29 is 14.0 Å². The first-order chi connectivity index (χ1) is 13.8. The zero-order valence-electron chi connectivity index (χ0n) is 16.9. The highest BCUT2D eigenvalue weighted by atomic mass is 32.1. The summed E-state index contributed by atoms with van der Waals surface area (Å²) in [6.07, 6.45) is 2.22. The topological polar surface area (TPSA) is 88.3 Å². The van der Waals surface area contributed by atoms with E-state index in [1.807, 2.05) is 39.8 Å². The third-order valence-electron chi connectivity index (χ3n) is 4.77. The maximum Gasteiger partial charge on any atom is 0.280 e. The van der Waals surface area contributed by atoms with E-state index in [1.165, 1.54) is 11.2 Å². The molecule has 0 saturated carbocycles. The minimum atomic E-state index is -0.993. The van der Waals surface area contributed by atoms with Crippen LogP contribution in [0.5, 0.6) is 0 Å². The quantitative estimate of drug-likeness (QED) is 0.630. The fourth-order valence-corrected chi connectivity index (χ4v) is 3.21. The summed E-state index contributed by atoms with van der Waals surface area (Å²) in [7, 11) is 0. The Bertz CT molecular complexity index is 950. The van der Waals surface area contributed by atoms with E-state index in [9.17, 15) is 9.59 Å². The average Bonchev–Trinajstić information content (AvgIpc) is 3.40. The number of nitrogens with zero attached hydrogens (tertiary/aromatic N) is 3. The molecule has 0 bridgehead atoms.